The lowest BCUT2D eigenvalue weighted by atomic mass is 9.89. The minimum atomic E-state index is -0.476. The first kappa shape index (κ1) is 15.5. The van der Waals surface area contributed by atoms with Crippen LogP contribution in [-0.2, 0) is 4.79 Å². The van der Waals surface area contributed by atoms with E-state index in [4.69, 9.17) is 0 Å². The van der Waals surface area contributed by atoms with Crippen molar-refractivity contribution in [3.63, 3.8) is 0 Å². The summed E-state index contributed by atoms with van der Waals surface area (Å²) in [6.45, 7) is 6.31. The zero-order chi connectivity index (χ0) is 13.6. The monoisotopic (exact) mass is 255 g/mol. The van der Waals surface area contributed by atoms with Crippen LogP contribution in [0, 0.1) is 11.3 Å². The summed E-state index contributed by atoms with van der Waals surface area (Å²) in [5.74, 6) is 0.657. The molecular weight excluding hydrogens is 226 g/mol. The first-order chi connectivity index (χ1) is 8.39. The van der Waals surface area contributed by atoms with Crippen LogP contribution in [0.2, 0.25) is 0 Å². The highest BCUT2D eigenvalue weighted by Gasteiger charge is 2.23. The number of rotatable bonds is 4. The van der Waals surface area contributed by atoms with E-state index in [9.17, 15) is 9.90 Å². The Balaban J connectivity index is 2.24. The third-order valence-electron chi connectivity index (χ3n) is 3.94. The van der Waals surface area contributed by atoms with Gasteiger partial charge in [-0.3, -0.25) is 4.79 Å². The molecule has 18 heavy (non-hydrogen) atoms. The molecule has 2 N–H and O–H groups in total. The number of carbonyl (C=O) groups excluding carboxylic acids is 1. The van der Waals surface area contributed by atoms with Gasteiger partial charge in [-0.25, -0.2) is 0 Å². The van der Waals surface area contributed by atoms with E-state index in [0.29, 0.717) is 18.9 Å². The van der Waals surface area contributed by atoms with Crippen molar-refractivity contribution < 1.29 is 9.90 Å². The van der Waals surface area contributed by atoms with Crippen LogP contribution in [0.3, 0.4) is 0 Å². The van der Waals surface area contributed by atoms with E-state index in [1.807, 2.05) is 20.8 Å². The fourth-order valence-corrected chi connectivity index (χ4v) is 2.42. The second-order valence-corrected chi connectivity index (χ2v) is 6.75. The molecule has 0 radical (unpaired) electrons. The van der Waals surface area contributed by atoms with Crippen molar-refractivity contribution >= 4 is 5.91 Å². The molecule has 0 aromatic rings. The van der Waals surface area contributed by atoms with Crippen LogP contribution in [0.1, 0.15) is 65.7 Å². The second kappa shape index (κ2) is 7.13. The van der Waals surface area contributed by atoms with Crippen molar-refractivity contribution in [3.8, 4) is 0 Å². The fourth-order valence-electron chi connectivity index (χ4n) is 2.42. The molecule has 0 aromatic carbocycles. The van der Waals surface area contributed by atoms with Gasteiger partial charge in [-0.1, -0.05) is 46.5 Å². The van der Waals surface area contributed by atoms with Crippen LogP contribution in [0.25, 0.3) is 0 Å². The Morgan fingerprint density at radius 1 is 1.22 bits per heavy atom. The van der Waals surface area contributed by atoms with Crippen LogP contribution in [0.5, 0.6) is 0 Å². The molecule has 106 valence electrons. The molecule has 0 spiro atoms. The molecule has 0 aliphatic heterocycles. The van der Waals surface area contributed by atoms with Crippen molar-refractivity contribution in [2.24, 2.45) is 11.3 Å². The maximum Gasteiger partial charge on any atom is 0.220 e. The quantitative estimate of drug-likeness (QED) is 0.759. The molecule has 1 rings (SSSR count). The maximum atomic E-state index is 11.8. The first-order valence-electron chi connectivity index (χ1n) is 7.34. The molecule has 1 atom stereocenters. The maximum absolute atomic E-state index is 11.8. The van der Waals surface area contributed by atoms with Gasteiger partial charge in [0.15, 0.2) is 0 Å². The number of aliphatic hydroxyl groups is 1. The predicted octanol–water partition coefficient (Wildman–Crippen LogP) is 2.87. The Morgan fingerprint density at radius 3 is 2.28 bits per heavy atom. The van der Waals surface area contributed by atoms with Crippen LogP contribution in [0.4, 0.5) is 0 Å². The zero-order valence-corrected chi connectivity index (χ0v) is 12.2. The molecule has 0 saturated heterocycles. The molecule has 0 aromatic heterocycles. The lowest BCUT2D eigenvalue weighted by Gasteiger charge is -2.26. The highest BCUT2D eigenvalue weighted by atomic mass is 16.3. The van der Waals surface area contributed by atoms with E-state index in [0.717, 1.165) is 0 Å². The van der Waals surface area contributed by atoms with Crippen molar-refractivity contribution in [3.05, 3.63) is 0 Å². The van der Waals surface area contributed by atoms with Crippen LogP contribution < -0.4 is 5.32 Å². The summed E-state index contributed by atoms with van der Waals surface area (Å²) >= 11 is 0. The Hall–Kier alpha value is -0.570. The summed E-state index contributed by atoms with van der Waals surface area (Å²) in [5.41, 5.74) is -0.171. The lowest BCUT2D eigenvalue weighted by molar-refractivity contribution is -0.122. The molecule has 0 heterocycles. The van der Waals surface area contributed by atoms with Crippen LogP contribution >= 0.6 is 0 Å². The van der Waals surface area contributed by atoms with Gasteiger partial charge in [0, 0.05) is 13.0 Å². The van der Waals surface area contributed by atoms with Gasteiger partial charge in [0.1, 0.15) is 0 Å². The minimum Gasteiger partial charge on any atom is -0.391 e. The predicted molar refractivity (Wildman–Crippen MR) is 74.3 cm³/mol. The summed E-state index contributed by atoms with van der Waals surface area (Å²) in [6.07, 6.45) is 7.71. The van der Waals surface area contributed by atoms with Gasteiger partial charge in [-0.05, 0) is 24.2 Å². The molecular formula is C15H29NO2. The van der Waals surface area contributed by atoms with Crippen molar-refractivity contribution in [2.45, 2.75) is 71.8 Å². The summed E-state index contributed by atoms with van der Waals surface area (Å²) < 4.78 is 0. The number of hydrogen-bond donors (Lipinski definition) is 2. The van der Waals surface area contributed by atoms with E-state index in [-0.39, 0.29) is 11.3 Å². The van der Waals surface area contributed by atoms with E-state index >= 15 is 0 Å². The van der Waals surface area contributed by atoms with Crippen LogP contribution in [-0.4, -0.2) is 23.7 Å². The van der Waals surface area contributed by atoms with E-state index in [2.05, 4.69) is 5.32 Å². The molecule has 1 unspecified atom stereocenters. The normalized spacial score (nSPS) is 20.2. The highest BCUT2D eigenvalue weighted by molar-refractivity contribution is 5.76. The van der Waals surface area contributed by atoms with Gasteiger partial charge in [0.25, 0.3) is 0 Å². The van der Waals surface area contributed by atoms with Gasteiger partial charge in [-0.15, -0.1) is 0 Å². The van der Waals surface area contributed by atoms with E-state index in [1.165, 1.54) is 38.5 Å². The zero-order valence-electron chi connectivity index (χ0n) is 12.2. The topological polar surface area (TPSA) is 49.3 Å². The lowest BCUT2D eigenvalue weighted by Crippen LogP contribution is -2.39. The van der Waals surface area contributed by atoms with E-state index in [1.54, 1.807) is 0 Å². The van der Waals surface area contributed by atoms with Crippen molar-refractivity contribution in [2.75, 3.05) is 6.54 Å². The molecule has 1 aliphatic carbocycles. The Bertz CT molecular complexity index is 250. The summed E-state index contributed by atoms with van der Waals surface area (Å²) in [5, 5.41) is 12.7. The van der Waals surface area contributed by atoms with Crippen molar-refractivity contribution in [1.82, 2.24) is 5.32 Å². The van der Waals surface area contributed by atoms with E-state index < -0.39 is 6.10 Å². The average molecular weight is 255 g/mol. The third kappa shape index (κ3) is 5.85. The molecule has 1 saturated carbocycles. The molecule has 3 nitrogen and oxygen atoms in total. The van der Waals surface area contributed by atoms with Gasteiger partial charge >= 0.3 is 0 Å². The summed E-state index contributed by atoms with van der Waals surface area (Å²) in [7, 11) is 0. The van der Waals surface area contributed by atoms with Gasteiger partial charge in [0.05, 0.1) is 6.10 Å². The Morgan fingerprint density at radius 2 is 1.78 bits per heavy atom. The summed E-state index contributed by atoms with van der Waals surface area (Å²) in [6, 6.07) is 0. The summed E-state index contributed by atoms with van der Waals surface area (Å²) in [4.78, 5) is 11.8. The SMILES string of the molecule is CC(C)(C)C(O)CNC(=O)CC1CCCCCC1. The fraction of sp³-hybridized carbons (Fsp3) is 0.933. The second-order valence-electron chi connectivity index (χ2n) is 6.75. The number of amides is 1. The standard InChI is InChI=1S/C15H29NO2/c1-15(2,3)13(17)11-16-14(18)10-12-8-6-4-5-7-9-12/h12-13,17H,4-11H2,1-3H3,(H,16,18). The van der Waals surface area contributed by atoms with Crippen LogP contribution in [0.15, 0.2) is 0 Å². The average Bonchev–Trinajstić information content (AvgIpc) is 2.53. The minimum absolute atomic E-state index is 0.102. The number of hydrogen-bond acceptors (Lipinski definition) is 2. The Labute approximate surface area is 111 Å². The van der Waals surface area contributed by atoms with Gasteiger partial charge < -0.3 is 10.4 Å². The molecule has 1 fully saturated rings. The number of nitrogens with one attached hydrogen (secondary N) is 1. The number of carbonyl (C=O) groups is 1. The third-order valence-corrected chi connectivity index (χ3v) is 3.94. The molecule has 3 heteroatoms. The highest BCUT2D eigenvalue weighted by Crippen LogP contribution is 2.25. The number of aliphatic hydroxyl groups excluding tert-OH is 1. The first-order valence-corrected chi connectivity index (χ1v) is 7.34. The molecule has 1 aliphatic rings. The van der Waals surface area contributed by atoms with Crippen molar-refractivity contribution in [1.29, 1.82) is 0 Å². The molecule has 1 amide bonds. The largest absolute Gasteiger partial charge is 0.391 e. The van der Waals surface area contributed by atoms with Gasteiger partial charge in [0.2, 0.25) is 5.91 Å². The van der Waals surface area contributed by atoms with Gasteiger partial charge in [-0.2, -0.15) is 0 Å². The Kier molecular flexibility index (Phi) is 6.13. The molecule has 0 bridgehead atoms. The smallest absolute Gasteiger partial charge is 0.220 e.